The first kappa shape index (κ1) is 16.6. The number of halogens is 2. The predicted octanol–water partition coefficient (Wildman–Crippen LogP) is 3.01. The predicted molar refractivity (Wildman–Crippen MR) is 88.2 cm³/mol. The number of nitrogens with one attached hydrogen (secondary N) is 2. The molecule has 6 heteroatoms. The molecule has 0 spiro atoms. The smallest absolute Gasteiger partial charge is 0.238 e. The maximum Gasteiger partial charge on any atom is 0.238 e. The van der Waals surface area contributed by atoms with Crippen molar-refractivity contribution in [2.75, 3.05) is 31.5 Å². The molecule has 2 N–H and O–H groups in total. The molecule has 0 saturated carbocycles. The maximum atomic E-state index is 12.2. The summed E-state index contributed by atoms with van der Waals surface area (Å²) in [5.41, 5.74) is 0.493. The van der Waals surface area contributed by atoms with E-state index in [-0.39, 0.29) is 5.91 Å². The van der Waals surface area contributed by atoms with Crippen molar-refractivity contribution in [2.45, 2.75) is 25.8 Å². The van der Waals surface area contributed by atoms with Gasteiger partial charge in [-0.2, -0.15) is 0 Å². The van der Waals surface area contributed by atoms with Crippen molar-refractivity contribution in [2.24, 2.45) is 0 Å². The molecular weight excluding hydrogens is 309 g/mol. The minimum Gasteiger partial charge on any atom is -0.322 e. The van der Waals surface area contributed by atoms with Gasteiger partial charge in [0.2, 0.25) is 5.91 Å². The summed E-state index contributed by atoms with van der Waals surface area (Å²) in [4.78, 5) is 14.5. The molecule has 0 unspecified atom stereocenters. The summed E-state index contributed by atoms with van der Waals surface area (Å²) >= 11 is 12.1. The number of para-hydroxylation sites is 1. The molecule has 116 valence electrons. The molecule has 1 saturated heterocycles. The average Bonchev–Trinajstić information content (AvgIpc) is 2.49. The van der Waals surface area contributed by atoms with Crippen LogP contribution >= 0.6 is 23.2 Å². The molecule has 2 rings (SSSR count). The van der Waals surface area contributed by atoms with Gasteiger partial charge >= 0.3 is 0 Å². The molecule has 0 bridgehead atoms. The quantitative estimate of drug-likeness (QED) is 0.872. The van der Waals surface area contributed by atoms with Crippen LogP contribution in [0.1, 0.15) is 19.8 Å². The van der Waals surface area contributed by atoms with Crippen molar-refractivity contribution < 1.29 is 4.79 Å². The van der Waals surface area contributed by atoms with Gasteiger partial charge in [0.05, 0.1) is 22.3 Å². The zero-order valence-corrected chi connectivity index (χ0v) is 13.7. The number of piperidine rings is 1. The fourth-order valence-electron chi connectivity index (χ4n) is 2.65. The number of likely N-dealkylation sites (N-methyl/N-ethyl adjacent to an activating group) is 1. The Morgan fingerprint density at radius 2 is 1.95 bits per heavy atom. The van der Waals surface area contributed by atoms with Gasteiger partial charge in [-0.1, -0.05) is 36.2 Å². The van der Waals surface area contributed by atoms with Gasteiger partial charge in [0.1, 0.15) is 0 Å². The lowest BCUT2D eigenvalue weighted by atomic mass is 10.0. The molecule has 21 heavy (non-hydrogen) atoms. The molecule has 1 aliphatic heterocycles. The van der Waals surface area contributed by atoms with Gasteiger partial charge < -0.3 is 10.6 Å². The van der Waals surface area contributed by atoms with Crippen LogP contribution in [0.2, 0.25) is 10.0 Å². The largest absolute Gasteiger partial charge is 0.322 e. The SMILES string of the molecule is CCN(CC(=O)Nc1c(Cl)cccc1Cl)C1CCNCC1. The van der Waals surface area contributed by atoms with Gasteiger partial charge in [-0.25, -0.2) is 0 Å². The summed E-state index contributed by atoms with van der Waals surface area (Å²) < 4.78 is 0. The number of amides is 1. The Balaban J connectivity index is 1.96. The van der Waals surface area contributed by atoms with E-state index in [1.54, 1.807) is 18.2 Å². The molecule has 0 aliphatic carbocycles. The number of hydrogen-bond acceptors (Lipinski definition) is 3. The van der Waals surface area contributed by atoms with Crippen LogP contribution < -0.4 is 10.6 Å². The zero-order valence-electron chi connectivity index (χ0n) is 12.2. The van der Waals surface area contributed by atoms with E-state index in [1.807, 2.05) is 0 Å². The van der Waals surface area contributed by atoms with E-state index in [2.05, 4.69) is 22.5 Å². The second kappa shape index (κ2) is 7.99. The molecule has 0 aromatic heterocycles. The standard InChI is InChI=1S/C15H21Cl2N3O/c1-2-20(11-6-8-18-9-7-11)10-14(21)19-15-12(16)4-3-5-13(15)17/h3-5,11,18H,2,6-10H2,1H3,(H,19,21). The Labute approximate surface area is 135 Å². The maximum absolute atomic E-state index is 12.2. The van der Waals surface area contributed by atoms with E-state index in [0.717, 1.165) is 32.5 Å². The summed E-state index contributed by atoms with van der Waals surface area (Å²) in [6.45, 7) is 5.33. The van der Waals surface area contributed by atoms with Gasteiger partial charge in [0, 0.05) is 6.04 Å². The number of carbonyl (C=O) groups is 1. The fourth-order valence-corrected chi connectivity index (χ4v) is 3.14. The first-order valence-electron chi connectivity index (χ1n) is 7.30. The lowest BCUT2D eigenvalue weighted by Gasteiger charge is -2.33. The van der Waals surface area contributed by atoms with Crippen molar-refractivity contribution in [3.8, 4) is 0 Å². The second-order valence-corrected chi connectivity index (χ2v) is 6.00. The number of nitrogens with zero attached hydrogens (tertiary/aromatic N) is 1. The Morgan fingerprint density at radius 1 is 1.33 bits per heavy atom. The third-order valence-electron chi connectivity index (χ3n) is 3.81. The van der Waals surface area contributed by atoms with E-state index in [0.29, 0.717) is 28.3 Å². The number of benzene rings is 1. The van der Waals surface area contributed by atoms with Crippen LogP contribution in [-0.2, 0) is 4.79 Å². The van der Waals surface area contributed by atoms with Crippen LogP contribution in [0, 0.1) is 0 Å². The highest BCUT2D eigenvalue weighted by Crippen LogP contribution is 2.29. The highest BCUT2D eigenvalue weighted by Gasteiger charge is 2.22. The summed E-state index contributed by atoms with van der Waals surface area (Å²) in [5.74, 6) is -0.0783. The minimum atomic E-state index is -0.0783. The molecule has 4 nitrogen and oxygen atoms in total. The zero-order chi connectivity index (χ0) is 15.2. The van der Waals surface area contributed by atoms with Gasteiger partial charge in [-0.05, 0) is 44.6 Å². The van der Waals surface area contributed by atoms with Crippen LogP contribution in [0.25, 0.3) is 0 Å². The highest BCUT2D eigenvalue weighted by atomic mass is 35.5. The van der Waals surface area contributed by atoms with Gasteiger partial charge in [0.15, 0.2) is 0 Å². The molecular formula is C15H21Cl2N3O. The first-order chi connectivity index (χ1) is 10.1. The lowest BCUT2D eigenvalue weighted by molar-refractivity contribution is -0.118. The Kier molecular flexibility index (Phi) is 6.30. The van der Waals surface area contributed by atoms with E-state index < -0.39 is 0 Å². The lowest BCUT2D eigenvalue weighted by Crippen LogP contribution is -2.46. The van der Waals surface area contributed by atoms with E-state index >= 15 is 0 Å². The van der Waals surface area contributed by atoms with E-state index in [4.69, 9.17) is 23.2 Å². The molecule has 1 aliphatic rings. The molecule has 1 heterocycles. The van der Waals surface area contributed by atoms with Crippen molar-refractivity contribution in [1.29, 1.82) is 0 Å². The molecule has 1 amide bonds. The summed E-state index contributed by atoms with van der Waals surface area (Å²) in [6.07, 6.45) is 2.15. The van der Waals surface area contributed by atoms with E-state index in [9.17, 15) is 4.79 Å². The summed E-state index contributed by atoms with van der Waals surface area (Å²) in [5, 5.41) is 7.08. The number of carbonyl (C=O) groups excluding carboxylic acids is 1. The van der Waals surface area contributed by atoms with Crippen LogP contribution in [0.4, 0.5) is 5.69 Å². The van der Waals surface area contributed by atoms with Crippen LogP contribution in [0.3, 0.4) is 0 Å². The van der Waals surface area contributed by atoms with Crippen molar-refractivity contribution >= 4 is 34.8 Å². The highest BCUT2D eigenvalue weighted by molar-refractivity contribution is 6.39. The number of anilines is 1. The monoisotopic (exact) mass is 329 g/mol. The van der Waals surface area contributed by atoms with E-state index in [1.165, 1.54) is 0 Å². The Bertz CT molecular complexity index is 470. The minimum absolute atomic E-state index is 0.0783. The van der Waals surface area contributed by atoms with Gasteiger partial charge in [-0.15, -0.1) is 0 Å². The Hall–Kier alpha value is -0.810. The number of rotatable bonds is 5. The Morgan fingerprint density at radius 3 is 2.52 bits per heavy atom. The fraction of sp³-hybridized carbons (Fsp3) is 0.533. The topological polar surface area (TPSA) is 44.4 Å². The molecule has 0 atom stereocenters. The van der Waals surface area contributed by atoms with Crippen molar-refractivity contribution in [3.05, 3.63) is 28.2 Å². The summed E-state index contributed by atoms with van der Waals surface area (Å²) in [6, 6.07) is 5.65. The third kappa shape index (κ3) is 4.58. The van der Waals surface area contributed by atoms with Crippen LogP contribution in [0.15, 0.2) is 18.2 Å². The molecule has 1 aromatic rings. The molecule has 1 aromatic carbocycles. The van der Waals surface area contributed by atoms with Gasteiger partial charge in [-0.3, -0.25) is 9.69 Å². The molecule has 1 fully saturated rings. The normalized spacial score (nSPS) is 16.2. The van der Waals surface area contributed by atoms with Crippen molar-refractivity contribution in [3.63, 3.8) is 0 Å². The first-order valence-corrected chi connectivity index (χ1v) is 8.06. The third-order valence-corrected chi connectivity index (χ3v) is 4.44. The second-order valence-electron chi connectivity index (χ2n) is 5.19. The average molecular weight is 330 g/mol. The van der Waals surface area contributed by atoms with Crippen LogP contribution in [0.5, 0.6) is 0 Å². The number of hydrogen-bond donors (Lipinski definition) is 2. The molecule has 0 radical (unpaired) electrons. The van der Waals surface area contributed by atoms with Crippen LogP contribution in [-0.4, -0.2) is 43.0 Å². The van der Waals surface area contributed by atoms with Gasteiger partial charge in [0.25, 0.3) is 0 Å². The summed E-state index contributed by atoms with van der Waals surface area (Å²) in [7, 11) is 0. The van der Waals surface area contributed by atoms with Crippen molar-refractivity contribution in [1.82, 2.24) is 10.2 Å².